The number of pyridine rings is 1. The SMILES string of the molecule is CN1CCCC1CCNc1c(F)cc2c(=O)c(C(=O)NCCN3CCOCC3)cn3c2c1Oc1cc2c(cc1-3)-c1ccccc1CO2. The lowest BCUT2D eigenvalue weighted by atomic mass is 9.95. The van der Waals surface area contributed by atoms with Crippen LogP contribution >= 0.6 is 0 Å². The van der Waals surface area contributed by atoms with E-state index in [0.29, 0.717) is 68.2 Å². The minimum Gasteiger partial charge on any atom is -0.488 e. The number of anilines is 1. The molecule has 10 nitrogen and oxygen atoms in total. The number of morpholine rings is 1. The standard InChI is InChI=1S/C36H38FN5O5/c1-40-11-4-6-23(40)8-9-38-32-28(37)17-26-33-35(32)47-31-19-30-25(24-7-3-2-5-22(24)21-46-30)18-29(31)42(33)20-27(34(26)43)36(44)39-10-12-41-13-15-45-16-14-41/h2-3,5,7,17-20,23,38H,4,6,8-16,21H2,1H3,(H,39,44). The molecule has 1 unspecified atom stereocenters. The minimum atomic E-state index is -0.604. The zero-order valence-electron chi connectivity index (χ0n) is 26.4. The number of aromatic nitrogens is 1. The van der Waals surface area contributed by atoms with Crippen molar-refractivity contribution in [3.63, 3.8) is 0 Å². The average molecular weight is 640 g/mol. The van der Waals surface area contributed by atoms with Gasteiger partial charge in [-0.3, -0.25) is 14.5 Å². The maximum absolute atomic E-state index is 16.0. The van der Waals surface area contributed by atoms with Crippen LogP contribution in [0.2, 0.25) is 0 Å². The smallest absolute Gasteiger partial charge is 0.256 e. The molecule has 0 saturated carbocycles. The average Bonchev–Trinajstić information content (AvgIpc) is 3.50. The van der Waals surface area contributed by atoms with Crippen LogP contribution in [0, 0.1) is 5.82 Å². The molecule has 4 aliphatic heterocycles. The van der Waals surface area contributed by atoms with Gasteiger partial charge in [-0.25, -0.2) is 4.39 Å². The lowest BCUT2D eigenvalue weighted by molar-refractivity contribution is 0.0383. The van der Waals surface area contributed by atoms with E-state index in [9.17, 15) is 9.59 Å². The number of amides is 1. The second-order valence-corrected chi connectivity index (χ2v) is 12.8. The Balaban J connectivity index is 1.21. The number of ether oxygens (including phenoxy) is 3. The molecule has 4 aliphatic rings. The van der Waals surface area contributed by atoms with Gasteiger partial charge < -0.3 is 34.3 Å². The van der Waals surface area contributed by atoms with Crippen LogP contribution in [0.1, 0.15) is 35.2 Å². The maximum Gasteiger partial charge on any atom is 0.256 e. The number of carbonyl (C=O) groups is 1. The van der Waals surface area contributed by atoms with Crippen molar-refractivity contribution in [1.29, 1.82) is 0 Å². The van der Waals surface area contributed by atoms with Gasteiger partial charge in [-0.1, -0.05) is 24.3 Å². The summed E-state index contributed by atoms with van der Waals surface area (Å²) in [5.41, 5.74) is 3.62. The largest absolute Gasteiger partial charge is 0.488 e. The van der Waals surface area contributed by atoms with Crippen molar-refractivity contribution >= 4 is 22.5 Å². The van der Waals surface area contributed by atoms with Gasteiger partial charge in [-0.05, 0) is 56.1 Å². The Morgan fingerprint density at radius 3 is 2.72 bits per heavy atom. The number of fused-ring (bicyclic) bond motifs is 5. The highest BCUT2D eigenvalue weighted by atomic mass is 19.1. The highest BCUT2D eigenvalue weighted by molar-refractivity contribution is 6.01. The van der Waals surface area contributed by atoms with Crippen molar-refractivity contribution in [2.24, 2.45) is 0 Å². The molecule has 2 saturated heterocycles. The first kappa shape index (κ1) is 29.9. The lowest BCUT2D eigenvalue weighted by Gasteiger charge is -2.29. The number of likely N-dealkylation sites (tertiary alicyclic amines) is 1. The fourth-order valence-electron chi connectivity index (χ4n) is 7.32. The second-order valence-electron chi connectivity index (χ2n) is 12.8. The normalized spacial score (nSPS) is 18.6. The number of benzene rings is 3. The van der Waals surface area contributed by atoms with Crippen LogP contribution < -0.4 is 25.5 Å². The Labute approximate surface area is 272 Å². The molecule has 0 radical (unpaired) electrons. The number of hydrogen-bond donors (Lipinski definition) is 2. The number of carbonyl (C=O) groups excluding carboxylic acids is 1. The van der Waals surface area contributed by atoms with Crippen molar-refractivity contribution in [3.05, 3.63) is 75.8 Å². The Morgan fingerprint density at radius 2 is 1.89 bits per heavy atom. The molecule has 0 aliphatic carbocycles. The molecule has 8 rings (SSSR count). The molecule has 4 aromatic rings. The Hall–Kier alpha value is -4.45. The summed E-state index contributed by atoms with van der Waals surface area (Å²) in [5, 5.41) is 6.28. The fourth-order valence-corrected chi connectivity index (χ4v) is 7.32. The van der Waals surface area contributed by atoms with Crippen molar-refractivity contribution in [2.45, 2.75) is 31.9 Å². The van der Waals surface area contributed by atoms with Gasteiger partial charge in [-0.2, -0.15) is 0 Å². The first-order valence-electron chi connectivity index (χ1n) is 16.5. The predicted molar refractivity (Wildman–Crippen MR) is 178 cm³/mol. The molecule has 47 heavy (non-hydrogen) atoms. The van der Waals surface area contributed by atoms with Crippen molar-refractivity contribution < 1.29 is 23.4 Å². The third-order valence-electron chi connectivity index (χ3n) is 9.93. The van der Waals surface area contributed by atoms with E-state index in [0.717, 1.165) is 55.6 Å². The quantitative estimate of drug-likeness (QED) is 0.251. The Kier molecular flexibility index (Phi) is 7.83. The second kappa shape index (κ2) is 12.3. The molecule has 1 aromatic heterocycles. The summed E-state index contributed by atoms with van der Waals surface area (Å²) in [5.74, 6) is 0.216. The molecule has 0 bridgehead atoms. The molecule has 0 spiro atoms. The summed E-state index contributed by atoms with van der Waals surface area (Å²) >= 11 is 0. The highest BCUT2D eigenvalue weighted by Gasteiger charge is 2.31. The van der Waals surface area contributed by atoms with E-state index >= 15 is 4.39 Å². The van der Waals surface area contributed by atoms with Gasteiger partial charge in [0.1, 0.15) is 29.1 Å². The van der Waals surface area contributed by atoms with Crippen LogP contribution in [0.4, 0.5) is 10.1 Å². The minimum absolute atomic E-state index is 0.0583. The van der Waals surface area contributed by atoms with Gasteiger partial charge >= 0.3 is 0 Å². The van der Waals surface area contributed by atoms with E-state index in [2.05, 4.69) is 27.5 Å². The van der Waals surface area contributed by atoms with Crippen LogP contribution in [-0.4, -0.2) is 85.8 Å². The molecule has 3 aromatic carbocycles. The van der Waals surface area contributed by atoms with E-state index < -0.39 is 17.2 Å². The van der Waals surface area contributed by atoms with Crippen molar-refractivity contribution in [2.75, 3.05) is 64.8 Å². The number of hydrogen-bond acceptors (Lipinski definition) is 8. The molecule has 2 N–H and O–H groups in total. The predicted octanol–water partition coefficient (Wildman–Crippen LogP) is 4.75. The van der Waals surface area contributed by atoms with Crippen LogP contribution in [0.25, 0.3) is 27.7 Å². The number of rotatable bonds is 8. The van der Waals surface area contributed by atoms with E-state index in [4.69, 9.17) is 14.2 Å². The molecule has 2 fully saturated rings. The summed E-state index contributed by atoms with van der Waals surface area (Å²) in [4.78, 5) is 32.0. The Morgan fingerprint density at radius 1 is 1.04 bits per heavy atom. The monoisotopic (exact) mass is 639 g/mol. The van der Waals surface area contributed by atoms with Gasteiger partial charge in [0.2, 0.25) is 5.43 Å². The molecule has 1 atom stereocenters. The summed E-state index contributed by atoms with van der Waals surface area (Å²) in [6.45, 7) is 5.95. The molecule has 11 heteroatoms. The summed E-state index contributed by atoms with van der Waals surface area (Å²) in [6, 6.07) is 13.5. The molecule has 244 valence electrons. The highest BCUT2D eigenvalue weighted by Crippen LogP contribution is 2.49. The molecule has 1 amide bonds. The van der Waals surface area contributed by atoms with E-state index in [-0.39, 0.29) is 22.4 Å². The first-order chi connectivity index (χ1) is 23.0. The molecular formula is C36H38FN5O5. The van der Waals surface area contributed by atoms with Crippen LogP contribution in [-0.2, 0) is 11.3 Å². The number of nitrogens with zero attached hydrogens (tertiary/aromatic N) is 3. The summed E-state index contributed by atoms with van der Waals surface area (Å²) in [6.07, 6.45) is 4.68. The van der Waals surface area contributed by atoms with Crippen LogP contribution in [0.15, 0.2) is 53.5 Å². The van der Waals surface area contributed by atoms with Gasteiger partial charge in [0, 0.05) is 56.6 Å². The maximum atomic E-state index is 16.0. The number of halogens is 1. The van der Waals surface area contributed by atoms with Gasteiger partial charge in [0.15, 0.2) is 17.3 Å². The van der Waals surface area contributed by atoms with Crippen molar-refractivity contribution in [1.82, 2.24) is 19.7 Å². The van der Waals surface area contributed by atoms with E-state index in [1.807, 2.05) is 36.4 Å². The third-order valence-corrected chi connectivity index (χ3v) is 9.93. The van der Waals surface area contributed by atoms with E-state index in [1.54, 1.807) is 10.8 Å². The number of nitrogens with one attached hydrogen (secondary N) is 2. The molecular weight excluding hydrogens is 601 g/mol. The van der Waals surface area contributed by atoms with Gasteiger partial charge in [0.05, 0.1) is 24.3 Å². The van der Waals surface area contributed by atoms with Crippen molar-refractivity contribution in [3.8, 4) is 34.1 Å². The zero-order chi connectivity index (χ0) is 32.1. The zero-order valence-corrected chi connectivity index (χ0v) is 26.4. The van der Waals surface area contributed by atoms with Gasteiger partial charge in [0.25, 0.3) is 5.91 Å². The topological polar surface area (TPSA) is 97.3 Å². The molecule has 5 heterocycles. The summed E-state index contributed by atoms with van der Waals surface area (Å²) < 4.78 is 35.8. The summed E-state index contributed by atoms with van der Waals surface area (Å²) in [7, 11) is 2.12. The van der Waals surface area contributed by atoms with Gasteiger partial charge in [-0.15, -0.1) is 0 Å². The Bertz CT molecular complexity index is 1940. The first-order valence-corrected chi connectivity index (χ1v) is 16.5. The van der Waals surface area contributed by atoms with E-state index in [1.165, 1.54) is 6.07 Å². The van der Waals surface area contributed by atoms with Crippen LogP contribution in [0.3, 0.4) is 0 Å². The van der Waals surface area contributed by atoms with Crippen LogP contribution in [0.5, 0.6) is 17.2 Å². The fraction of sp³-hybridized carbons (Fsp3) is 0.389. The third kappa shape index (κ3) is 5.42. The lowest BCUT2D eigenvalue weighted by Crippen LogP contribution is -2.42.